The van der Waals surface area contributed by atoms with Crippen molar-refractivity contribution in [3.8, 4) is 11.5 Å². The van der Waals surface area contributed by atoms with E-state index in [1.54, 1.807) is 37.1 Å². The average molecular weight is 394 g/mol. The first-order valence-electron chi connectivity index (χ1n) is 8.88. The Morgan fingerprint density at radius 1 is 1.14 bits per heavy atom. The molecule has 0 radical (unpaired) electrons. The van der Waals surface area contributed by atoms with Gasteiger partial charge in [0.05, 0.1) is 29.9 Å². The Morgan fingerprint density at radius 2 is 2.00 bits per heavy atom. The summed E-state index contributed by atoms with van der Waals surface area (Å²) in [6.07, 6.45) is 6.16. The van der Waals surface area contributed by atoms with Crippen LogP contribution in [0.15, 0.2) is 59.6 Å². The summed E-state index contributed by atoms with van der Waals surface area (Å²) in [6, 6.07) is 11.3. The number of carbonyl (C=O) groups excluding carboxylic acids is 1. The summed E-state index contributed by atoms with van der Waals surface area (Å²) in [5, 5.41) is 2.89. The van der Waals surface area contributed by atoms with E-state index in [0.29, 0.717) is 0 Å². The molecule has 2 aromatic carbocycles. The van der Waals surface area contributed by atoms with Gasteiger partial charge < -0.3 is 14.8 Å². The van der Waals surface area contributed by atoms with Crippen molar-refractivity contribution in [2.24, 2.45) is 0 Å². The maximum Gasteiger partial charge on any atom is 0.248 e. The minimum atomic E-state index is -0.176. The summed E-state index contributed by atoms with van der Waals surface area (Å²) in [5.74, 6) is 1.28. The third-order valence-electron chi connectivity index (χ3n) is 4.24. The van der Waals surface area contributed by atoms with Crippen molar-refractivity contribution in [1.29, 1.82) is 0 Å². The largest absolute Gasteiger partial charge is 0.497 e. The number of amides is 1. The minimum Gasteiger partial charge on any atom is -0.497 e. The predicted molar refractivity (Wildman–Crippen MR) is 115 cm³/mol. The molecule has 0 bridgehead atoms. The number of nitrogens with one attached hydrogen (secondary N) is 1. The number of anilines is 1. The fourth-order valence-electron chi connectivity index (χ4n) is 2.70. The van der Waals surface area contributed by atoms with Crippen LogP contribution in [0.2, 0.25) is 0 Å². The molecule has 0 saturated carbocycles. The van der Waals surface area contributed by atoms with Crippen molar-refractivity contribution in [2.45, 2.75) is 13.3 Å². The summed E-state index contributed by atoms with van der Waals surface area (Å²) < 4.78 is 11.7. The minimum absolute atomic E-state index is 0.176. The monoisotopic (exact) mass is 394 g/mol. The van der Waals surface area contributed by atoms with Crippen LogP contribution in [0.5, 0.6) is 11.5 Å². The van der Waals surface area contributed by atoms with Crippen molar-refractivity contribution in [3.63, 3.8) is 0 Å². The molecule has 0 atom stereocenters. The number of thiazole rings is 1. The zero-order valence-electron chi connectivity index (χ0n) is 16.1. The van der Waals surface area contributed by atoms with Gasteiger partial charge in [-0.1, -0.05) is 13.0 Å². The van der Waals surface area contributed by atoms with Crippen LogP contribution in [-0.4, -0.2) is 25.1 Å². The first-order chi connectivity index (χ1) is 13.6. The van der Waals surface area contributed by atoms with Crippen LogP contribution < -0.4 is 14.8 Å². The van der Waals surface area contributed by atoms with E-state index < -0.39 is 0 Å². The molecule has 1 amide bonds. The van der Waals surface area contributed by atoms with Crippen molar-refractivity contribution < 1.29 is 14.3 Å². The van der Waals surface area contributed by atoms with Gasteiger partial charge in [-0.05, 0) is 48.4 Å². The second-order valence-electron chi connectivity index (χ2n) is 6.04. The Morgan fingerprint density at radius 3 is 2.75 bits per heavy atom. The van der Waals surface area contributed by atoms with Gasteiger partial charge >= 0.3 is 0 Å². The Kier molecular flexibility index (Phi) is 6.45. The highest BCUT2D eigenvalue weighted by Crippen LogP contribution is 2.27. The highest BCUT2D eigenvalue weighted by Gasteiger charge is 2.05. The molecule has 0 fully saturated rings. The predicted octanol–water partition coefficient (Wildman–Crippen LogP) is 5.30. The first-order valence-corrected chi connectivity index (χ1v) is 9.75. The fraction of sp³-hybridized carbons (Fsp3) is 0.182. The van der Waals surface area contributed by atoms with Crippen LogP contribution in [0.3, 0.4) is 0 Å². The summed E-state index contributed by atoms with van der Waals surface area (Å²) in [5.41, 5.74) is 5.42. The molecular weight excluding hydrogens is 372 g/mol. The average Bonchev–Trinajstić information content (AvgIpc) is 3.19. The lowest BCUT2D eigenvalue weighted by atomic mass is 10.1. The lowest BCUT2D eigenvalue weighted by molar-refractivity contribution is -0.111. The molecule has 3 aromatic rings. The van der Waals surface area contributed by atoms with E-state index in [1.165, 1.54) is 0 Å². The second-order valence-corrected chi connectivity index (χ2v) is 6.92. The number of carbonyl (C=O) groups is 1. The van der Waals surface area contributed by atoms with Gasteiger partial charge in [0.25, 0.3) is 0 Å². The standard InChI is InChI=1S/C22H22N2O3S/c1-4-15(11-16-6-8-18(26-2)13-20(16)27-3)5-10-22(25)24-17-7-9-19-21(12-17)28-14-23-19/h5-14H,4H2,1-3H3,(H,24,25)/b10-5+,15-11+. The SMILES string of the molecule is CCC(/C=C/C(=O)Nc1ccc2ncsc2c1)=C\c1ccc(OC)cc1OC. The fourth-order valence-corrected chi connectivity index (χ4v) is 3.42. The van der Waals surface area contributed by atoms with Gasteiger partial charge in [-0.15, -0.1) is 11.3 Å². The number of benzene rings is 2. The van der Waals surface area contributed by atoms with E-state index in [4.69, 9.17) is 9.47 Å². The van der Waals surface area contributed by atoms with E-state index in [9.17, 15) is 4.79 Å². The van der Waals surface area contributed by atoms with Crippen molar-refractivity contribution >= 4 is 39.2 Å². The Labute approximate surface area is 168 Å². The lowest BCUT2D eigenvalue weighted by Gasteiger charge is -2.08. The van der Waals surface area contributed by atoms with Crippen LogP contribution in [0.25, 0.3) is 16.3 Å². The molecular formula is C22H22N2O3S. The van der Waals surface area contributed by atoms with Crippen LogP contribution in [0, 0.1) is 0 Å². The van der Waals surface area contributed by atoms with Crippen LogP contribution >= 0.6 is 11.3 Å². The van der Waals surface area contributed by atoms with Gasteiger partial charge in [-0.25, -0.2) is 4.98 Å². The Balaban J connectivity index is 1.73. The Hall–Kier alpha value is -3.12. The molecule has 144 valence electrons. The van der Waals surface area contributed by atoms with Crippen molar-refractivity contribution in [1.82, 2.24) is 4.98 Å². The highest BCUT2D eigenvalue weighted by molar-refractivity contribution is 7.16. The highest BCUT2D eigenvalue weighted by atomic mass is 32.1. The number of fused-ring (bicyclic) bond motifs is 1. The van der Waals surface area contributed by atoms with Gasteiger partial charge in [0.2, 0.25) is 5.91 Å². The molecule has 1 N–H and O–H groups in total. The van der Waals surface area contributed by atoms with Gasteiger partial charge in [0.15, 0.2) is 0 Å². The number of methoxy groups -OCH3 is 2. The number of ether oxygens (including phenoxy) is 2. The molecule has 5 nitrogen and oxygen atoms in total. The van der Waals surface area contributed by atoms with Gasteiger partial charge in [0, 0.05) is 23.4 Å². The van der Waals surface area contributed by atoms with E-state index in [0.717, 1.165) is 45.0 Å². The van der Waals surface area contributed by atoms with E-state index in [-0.39, 0.29) is 5.91 Å². The molecule has 0 saturated heterocycles. The number of hydrogen-bond acceptors (Lipinski definition) is 5. The summed E-state index contributed by atoms with van der Waals surface area (Å²) >= 11 is 1.55. The zero-order chi connectivity index (χ0) is 19.9. The van der Waals surface area contributed by atoms with Crippen molar-refractivity contribution in [3.05, 3.63) is 65.2 Å². The summed E-state index contributed by atoms with van der Waals surface area (Å²) in [4.78, 5) is 16.5. The van der Waals surface area contributed by atoms with Crippen molar-refractivity contribution in [2.75, 3.05) is 19.5 Å². The zero-order valence-corrected chi connectivity index (χ0v) is 16.9. The normalized spacial score (nSPS) is 11.8. The van der Waals surface area contributed by atoms with Gasteiger partial charge in [0.1, 0.15) is 11.5 Å². The lowest BCUT2D eigenvalue weighted by Crippen LogP contribution is -2.07. The molecule has 0 unspecified atom stereocenters. The number of rotatable bonds is 7. The summed E-state index contributed by atoms with van der Waals surface area (Å²) in [7, 11) is 3.25. The summed E-state index contributed by atoms with van der Waals surface area (Å²) in [6.45, 7) is 2.04. The maximum atomic E-state index is 12.3. The first kappa shape index (κ1) is 19.6. The molecule has 6 heteroatoms. The van der Waals surface area contributed by atoms with Crippen LogP contribution in [0.1, 0.15) is 18.9 Å². The molecule has 1 aromatic heterocycles. The number of hydrogen-bond donors (Lipinski definition) is 1. The van der Waals surface area contributed by atoms with E-state index in [2.05, 4.69) is 10.3 Å². The number of allylic oxidation sites excluding steroid dienone is 2. The second kappa shape index (κ2) is 9.19. The third-order valence-corrected chi connectivity index (χ3v) is 5.03. The molecule has 0 aliphatic heterocycles. The third kappa shape index (κ3) is 4.78. The van der Waals surface area contributed by atoms with Crippen LogP contribution in [0.4, 0.5) is 5.69 Å². The smallest absolute Gasteiger partial charge is 0.248 e. The molecule has 0 spiro atoms. The number of aromatic nitrogens is 1. The van der Waals surface area contributed by atoms with Gasteiger partial charge in [-0.2, -0.15) is 0 Å². The molecule has 3 rings (SSSR count). The quantitative estimate of drug-likeness (QED) is 0.436. The van der Waals surface area contributed by atoms with E-state index in [1.807, 2.05) is 55.5 Å². The maximum absolute atomic E-state index is 12.3. The van der Waals surface area contributed by atoms with Gasteiger partial charge in [-0.3, -0.25) is 4.79 Å². The van der Waals surface area contributed by atoms with Crippen LogP contribution in [-0.2, 0) is 4.79 Å². The molecule has 28 heavy (non-hydrogen) atoms. The molecule has 0 aliphatic rings. The molecule has 0 aliphatic carbocycles. The molecule has 1 heterocycles. The Bertz CT molecular complexity index is 1040. The number of nitrogens with zero attached hydrogens (tertiary/aromatic N) is 1. The van der Waals surface area contributed by atoms with E-state index >= 15 is 0 Å². The topological polar surface area (TPSA) is 60.5 Å².